The molecular formula is C27H59N3O+2. The Labute approximate surface area is 196 Å². The second-order valence-electron chi connectivity index (χ2n) is 10.7. The normalized spacial score (nSPS) is 12.2. The Balaban J connectivity index is 5.29. The van der Waals surface area contributed by atoms with Gasteiger partial charge in [0.25, 0.3) is 0 Å². The number of rotatable bonds is 21. The van der Waals surface area contributed by atoms with Gasteiger partial charge in [0.05, 0.1) is 41.3 Å². The Hall–Kier alpha value is -0.610. The molecule has 0 spiro atoms. The molecule has 0 aromatic heterocycles. The third-order valence-electron chi connectivity index (χ3n) is 6.77. The highest BCUT2D eigenvalue weighted by Crippen LogP contribution is 2.40. The van der Waals surface area contributed by atoms with Gasteiger partial charge in [0.15, 0.2) is 0 Å². The highest BCUT2D eigenvalue weighted by atomic mass is 16.2. The lowest BCUT2D eigenvalue weighted by Crippen LogP contribution is -3.05. The zero-order valence-electron chi connectivity index (χ0n) is 22.6. The number of hydrogen-bond acceptors (Lipinski definition) is 1. The third-order valence-corrected chi connectivity index (χ3v) is 6.77. The summed E-state index contributed by atoms with van der Waals surface area (Å²) in [5, 5.41) is 0. The molecular weight excluding hydrogens is 382 g/mol. The molecule has 186 valence electrons. The number of amides is 1. The van der Waals surface area contributed by atoms with Gasteiger partial charge in [-0.25, -0.2) is 0 Å². The van der Waals surface area contributed by atoms with E-state index in [9.17, 15) is 4.79 Å². The summed E-state index contributed by atoms with van der Waals surface area (Å²) in [5.74, 6) is 0.435. The van der Waals surface area contributed by atoms with E-state index in [0.717, 1.165) is 45.4 Å². The molecule has 4 nitrogen and oxygen atoms in total. The predicted molar refractivity (Wildman–Crippen MR) is 136 cm³/mol. The molecule has 0 saturated heterocycles. The van der Waals surface area contributed by atoms with Crippen LogP contribution in [-0.2, 0) is 4.79 Å². The minimum atomic E-state index is 0.231. The van der Waals surface area contributed by atoms with Gasteiger partial charge >= 0.3 is 0 Å². The number of unbranched alkanes of at least 4 members (excludes halogenated alkanes) is 5. The molecule has 31 heavy (non-hydrogen) atoms. The molecule has 0 aromatic carbocycles. The van der Waals surface area contributed by atoms with Crippen LogP contribution in [0.15, 0.2) is 0 Å². The monoisotopic (exact) mass is 441 g/mol. The molecule has 0 aliphatic heterocycles. The third kappa shape index (κ3) is 15.8. The first-order valence-corrected chi connectivity index (χ1v) is 13.7. The van der Waals surface area contributed by atoms with E-state index in [1.54, 1.807) is 0 Å². The van der Waals surface area contributed by atoms with Crippen LogP contribution in [0.2, 0.25) is 0 Å². The molecule has 0 rings (SSSR count). The molecule has 1 amide bonds. The quantitative estimate of drug-likeness (QED) is 0.262. The molecule has 4 heteroatoms. The smallest absolute Gasteiger partial charge is 0.223 e. The number of hydrogen-bond donors (Lipinski definition) is 2. The number of nitrogens with one attached hydrogen (secondary N) is 2. The van der Waals surface area contributed by atoms with Gasteiger partial charge < -0.3 is 14.7 Å². The molecule has 0 heterocycles. The minimum Gasteiger partial charge on any atom is -0.342 e. The van der Waals surface area contributed by atoms with E-state index in [1.807, 2.05) is 0 Å². The zero-order valence-corrected chi connectivity index (χ0v) is 22.6. The van der Waals surface area contributed by atoms with Crippen LogP contribution in [-0.4, -0.2) is 65.2 Å². The van der Waals surface area contributed by atoms with Crippen LogP contribution in [0.25, 0.3) is 0 Å². The summed E-state index contributed by atoms with van der Waals surface area (Å²) in [4.78, 5) is 18.8. The molecule has 0 bridgehead atoms. The Kier molecular flexibility index (Phi) is 18.5. The maximum absolute atomic E-state index is 13.6. The lowest BCUT2D eigenvalue weighted by Gasteiger charge is -2.36. The predicted octanol–water partition coefficient (Wildman–Crippen LogP) is 3.61. The van der Waals surface area contributed by atoms with Crippen molar-refractivity contribution in [1.82, 2.24) is 4.90 Å². The van der Waals surface area contributed by atoms with Gasteiger partial charge in [-0.05, 0) is 24.7 Å². The second kappa shape index (κ2) is 18.9. The summed E-state index contributed by atoms with van der Waals surface area (Å²) in [5.41, 5.74) is 0.231. The lowest BCUT2D eigenvalue weighted by molar-refractivity contribution is -0.858. The number of carbonyl (C=O) groups excluding carboxylic acids is 1. The molecule has 0 saturated carbocycles. The van der Waals surface area contributed by atoms with E-state index in [0.29, 0.717) is 5.91 Å². The van der Waals surface area contributed by atoms with Gasteiger partial charge in [0.2, 0.25) is 5.91 Å². The van der Waals surface area contributed by atoms with Gasteiger partial charge in [-0.15, -0.1) is 0 Å². The second-order valence-corrected chi connectivity index (χ2v) is 10.7. The van der Waals surface area contributed by atoms with Crippen LogP contribution < -0.4 is 9.80 Å². The van der Waals surface area contributed by atoms with Crippen molar-refractivity contribution in [2.24, 2.45) is 5.41 Å². The maximum atomic E-state index is 13.6. The first-order valence-electron chi connectivity index (χ1n) is 13.7. The van der Waals surface area contributed by atoms with Crippen molar-refractivity contribution in [2.45, 2.75) is 111 Å². The van der Waals surface area contributed by atoms with E-state index in [1.165, 1.54) is 80.4 Å². The van der Waals surface area contributed by atoms with Crippen molar-refractivity contribution in [1.29, 1.82) is 0 Å². The standard InChI is InChI=1S/C27H57N3O/c1-8-11-14-15-20-27(18-12-9-2,19-13-10-3)25-26(31)30(23-16-21-28(4)5)24-17-22-29(6)7/h8-25H2,1-7H3/p+2. The SMILES string of the molecule is CCCCCCC(CCCC)(CCCC)CC(=O)N(CCC[NH+](C)C)CCC[NH+](C)C. The first-order chi connectivity index (χ1) is 14.8. The summed E-state index contributed by atoms with van der Waals surface area (Å²) in [7, 11) is 8.83. The Morgan fingerprint density at radius 1 is 0.645 bits per heavy atom. The molecule has 0 aliphatic rings. The highest BCUT2D eigenvalue weighted by Gasteiger charge is 2.33. The highest BCUT2D eigenvalue weighted by molar-refractivity contribution is 5.77. The van der Waals surface area contributed by atoms with Gasteiger partial charge in [-0.3, -0.25) is 4.79 Å². The Morgan fingerprint density at radius 2 is 1.10 bits per heavy atom. The fraction of sp³-hybridized carbons (Fsp3) is 0.963. The van der Waals surface area contributed by atoms with Crippen LogP contribution in [0, 0.1) is 5.41 Å². The van der Waals surface area contributed by atoms with Gasteiger partial charge in [0, 0.05) is 32.4 Å². The maximum Gasteiger partial charge on any atom is 0.223 e. The average Bonchev–Trinajstić information content (AvgIpc) is 2.72. The molecule has 2 N–H and O–H groups in total. The van der Waals surface area contributed by atoms with E-state index in [-0.39, 0.29) is 5.41 Å². The van der Waals surface area contributed by atoms with Crippen molar-refractivity contribution in [3.8, 4) is 0 Å². The molecule has 0 radical (unpaired) electrons. The van der Waals surface area contributed by atoms with Crippen molar-refractivity contribution < 1.29 is 14.6 Å². The van der Waals surface area contributed by atoms with Crippen LogP contribution in [0.1, 0.15) is 111 Å². The van der Waals surface area contributed by atoms with Gasteiger partial charge in [-0.2, -0.15) is 0 Å². The van der Waals surface area contributed by atoms with Crippen LogP contribution in [0.5, 0.6) is 0 Å². The van der Waals surface area contributed by atoms with E-state index >= 15 is 0 Å². The van der Waals surface area contributed by atoms with Gasteiger partial charge in [-0.1, -0.05) is 72.1 Å². The number of carbonyl (C=O) groups is 1. The van der Waals surface area contributed by atoms with E-state index in [4.69, 9.17) is 0 Å². The van der Waals surface area contributed by atoms with Crippen LogP contribution in [0.3, 0.4) is 0 Å². The Bertz CT molecular complexity index is 401. The van der Waals surface area contributed by atoms with Gasteiger partial charge in [0.1, 0.15) is 0 Å². The summed E-state index contributed by atoms with van der Waals surface area (Å²) in [6.07, 6.45) is 16.9. The molecule has 0 atom stereocenters. The lowest BCUT2D eigenvalue weighted by atomic mass is 9.71. The summed E-state index contributed by atoms with van der Waals surface area (Å²) >= 11 is 0. The van der Waals surface area contributed by atoms with Crippen molar-refractivity contribution in [3.05, 3.63) is 0 Å². The van der Waals surface area contributed by atoms with E-state index in [2.05, 4.69) is 53.9 Å². The summed E-state index contributed by atoms with van der Waals surface area (Å²) in [6.45, 7) is 11.0. The number of nitrogens with zero attached hydrogens (tertiary/aromatic N) is 1. The molecule has 0 aliphatic carbocycles. The Morgan fingerprint density at radius 3 is 1.52 bits per heavy atom. The molecule has 0 unspecified atom stereocenters. The fourth-order valence-electron chi connectivity index (χ4n) is 4.71. The topological polar surface area (TPSA) is 29.2 Å². The largest absolute Gasteiger partial charge is 0.342 e. The zero-order chi connectivity index (χ0) is 23.5. The summed E-state index contributed by atoms with van der Waals surface area (Å²) in [6, 6.07) is 0. The van der Waals surface area contributed by atoms with Crippen molar-refractivity contribution in [2.75, 3.05) is 54.4 Å². The van der Waals surface area contributed by atoms with Crippen molar-refractivity contribution in [3.63, 3.8) is 0 Å². The fourth-order valence-corrected chi connectivity index (χ4v) is 4.71. The molecule has 0 aromatic rings. The van der Waals surface area contributed by atoms with E-state index < -0.39 is 0 Å². The number of quaternary nitrogens is 2. The summed E-state index contributed by atoms with van der Waals surface area (Å²) < 4.78 is 0. The molecule has 0 fully saturated rings. The minimum absolute atomic E-state index is 0.231. The van der Waals surface area contributed by atoms with Crippen LogP contribution in [0.4, 0.5) is 0 Å². The van der Waals surface area contributed by atoms with Crippen molar-refractivity contribution >= 4 is 5.91 Å². The van der Waals surface area contributed by atoms with Crippen LogP contribution >= 0.6 is 0 Å². The average molecular weight is 442 g/mol. The first kappa shape index (κ1) is 30.4.